The van der Waals surface area contributed by atoms with Crippen LogP contribution < -0.4 is 4.90 Å². The zero-order chi connectivity index (χ0) is 12.0. The number of hydrogen-bond acceptors (Lipinski definition) is 3. The second-order valence-electron chi connectivity index (χ2n) is 4.13. The van der Waals surface area contributed by atoms with Crippen molar-refractivity contribution in [3.8, 4) is 0 Å². The topological polar surface area (TPSA) is 36.4 Å². The Morgan fingerprint density at radius 3 is 2.31 bits per heavy atom. The van der Waals surface area contributed by atoms with E-state index in [4.69, 9.17) is 5.11 Å². The summed E-state index contributed by atoms with van der Waals surface area (Å²) in [4.78, 5) is 6.77. The standard InChI is InChI=1S/C13H22N2O/c1-4-6-15(7-5-2)13-11(3)8-12(10-16)9-14-13/h8-9,16H,4-7,10H2,1-3H3. The van der Waals surface area contributed by atoms with E-state index in [9.17, 15) is 0 Å². The van der Waals surface area contributed by atoms with Crippen molar-refractivity contribution >= 4 is 5.82 Å². The van der Waals surface area contributed by atoms with Crippen molar-refractivity contribution in [2.75, 3.05) is 18.0 Å². The second-order valence-corrected chi connectivity index (χ2v) is 4.13. The van der Waals surface area contributed by atoms with Crippen LogP contribution in [0, 0.1) is 6.92 Å². The zero-order valence-electron chi connectivity index (χ0n) is 10.5. The van der Waals surface area contributed by atoms with Gasteiger partial charge in [0.05, 0.1) is 6.61 Å². The molecule has 0 amide bonds. The molecule has 90 valence electrons. The van der Waals surface area contributed by atoms with Crippen LogP contribution in [0.4, 0.5) is 5.82 Å². The highest BCUT2D eigenvalue weighted by atomic mass is 16.3. The smallest absolute Gasteiger partial charge is 0.131 e. The number of aryl methyl sites for hydroxylation is 1. The number of aliphatic hydroxyl groups is 1. The molecule has 0 unspecified atom stereocenters. The van der Waals surface area contributed by atoms with E-state index in [0.29, 0.717) is 0 Å². The van der Waals surface area contributed by atoms with Gasteiger partial charge in [0.2, 0.25) is 0 Å². The van der Waals surface area contributed by atoms with Crippen LogP contribution in [0.5, 0.6) is 0 Å². The third kappa shape index (κ3) is 3.20. The van der Waals surface area contributed by atoms with E-state index in [1.807, 2.05) is 6.07 Å². The first kappa shape index (κ1) is 13.0. The summed E-state index contributed by atoms with van der Waals surface area (Å²) in [5.41, 5.74) is 2.03. The molecule has 1 heterocycles. The Hall–Kier alpha value is -1.09. The van der Waals surface area contributed by atoms with Crippen LogP contribution in [-0.4, -0.2) is 23.2 Å². The molecule has 0 atom stereocenters. The van der Waals surface area contributed by atoms with Crippen molar-refractivity contribution < 1.29 is 5.11 Å². The van der Waals surface area contributed by atoms with Crippen LogP contribution in [-0.2, 0) is 6.61 Å². The lowest BCUT2D eigenvalue weighted by Gasteiger charge is -2.24. The quantitative estimate of drug-likeness (QED) is 0.803. The number of pyridine rings is 1. The molecular weight excluding hydrogens is 200 g/mol. The molecule has 3 heteroatoms. The van der Waals surface area contributed by atoms with Gasteiger partial charge in [-0.25, -0.2) is 4.98 Å². The van der Waals surface area contributed by atoms with E-state index in [-0.39, 0.29) is 6.61 Å². The van der Waals surface area contributed by atoms with Gasteiger partial charge >= 0.3 is 0 Å². The molecule has 1 aromatic heterocycles. The van der Waals surface area contributed by atoms with Gasteiger partial charge in [0.1, 0.15) is 5.82 Å². The van der Waals surface area contributed by atoms with Gasteiger partial charge in [-0.3, -0.25) is 0 Å². The summed E-state index contributed by atoms with van der Waals surface area (Å²) >= 11 is 0. The van der Waals surface area contributed by atoms with Gasteiger partial charge in [-0.2, -0.15) is 0 Å². The zero-order valence-corrected chi connectivity index (χ0v) is 10.5. The first-order chi connectivity index (χ1) is 7.72. The fourth-order valence-electron chi connectivity index (χ4n) is 1.91. The summed E-state index contributed by atoms with van der Waals surface area (Å²) in [5, 5.41) is 9.04. The minimum Gasteiger partial charge on any atom is -0.392 e. The number of hydrogen-bond donors (Lipinski definition) is 1. The Morgan fingerprint density at radius 1 is 1.25 bits per heavy atom. The van der Waals surface area contributed by atoms with E-state index in [0.717, 1.165) is 42.9 Å². The highest BCUT2D eigenvalue weighted by Gasteiger charge is 2.09. The predicted octanol–water partition coefficient (Wildman–Crippen LogP) is 2.51. The monoisotopic (exact) mass is 222 g/mol. The number of anilines is 1. The van der Waals surface area contributed by atoms with Gasteiger partial charge in [-0.05, 0) is 37.0 Å². The van der Waals surface area contributed by atoms with Crippen LogP contribution in [0.2, 0.25) is 0 Å². The van der Waals surface area contributed by atoms with Crippen LogP contribution in [0.25, 0.3) is 0 Å². The van der Waals surface area contributed by atoms with E-state index in [2.05, 4.69) is 30.7 Å². The first-order valence-corrected chi connectivity index (χ1v) is 6.04. The van der Waals surface area contributed by atoms with E-state index in [1.54, 1.807) is 6.20 Å². The maximum absolute atomic E-state index is 9.04. The average Bonchev–Trinajstić information content (AvgIpc) is 2.29. The fourth-order valence-corrected chi connectivity index (χ4v) is 1.91. The summed E-state index contributed by atoms with van der Waals surface area (Å²) in [6.45, 7) is 8.57. The van der Waals surface area contributed by atoms with Crippen LogP contribution in [0.1, 0.15) is 37.8 Å². The SMILES string of the molecule is CCCN(CCC)c1ncc(CO)cc1C. The minimum absolute atomic E-state index is 0.0652. The highest BCUT2D eigenvalue weighted by molar-refractivity contribution is 5.47. The molecule has 0 aliphatic rings. The Balaban J connectivity index is 2.90. The highest BCUT2D eigenvalue weighted by Crippen LogP contribution is 2.18. The molecule has 1 rings (SSSR count). The van der Waals surface area contributed by atoms with Crippen molar-refractivity contribution in [3.63, 3.8) is 0 Å². The largest absolute Gasteiger partial charge is 0.392 e. The van der Waals surface area contributed by atoms with Gasteiger partial charge < -0.3 is 10.0 Å². The third-order valence-electron chi connectivity index (χ3n) is 2.58. The lowest BCUT2D eigenvalue weighted by atomic mass is 10.2. The minimum atomic E-state index is 0.0652. The summed E-state index contributed by atoms with van der Waals surface area (Å²) in [7, 11) is 0. The van der Waals surface area contributed by atoms with Gasteiger partial charge in [0.15, 0.2) is 0 Å². The van der Waals surface area contributed by atoms with Crippen LogP contribution in [0.15, 0.2) is 12.3 Å². The summed E-state index contributed by atoms with van der Waals surface area (Å²) in [6, 6.07) is 2.01. The molecule has 0 aliphatic heterocycles. The van der Waals surface area contributed by atoms with Crippen molar-refractivity contribution in [2.45, 2.75) is 40.2 Å². The molecule has 1 aromatic rings. The maximum atomic E-state index is 9.04. The molecule has 0 saturated heterocycles. The molecule has 0 saturated carbocycles. The van der Waals surface area contributed by atoms with Gasteiger partial charge in [0.25, 0.3) is 0 Å². The van der Waals surface area contributed by atoms with E-state index < -0.39 is 0 Å². The van der Waals surface area contributed by atoms with Gasteiger partial charge in [-0.1, -0.05) is 13.8 Å². The summed E-state index contributed by atoms with van der Waals surface area (Å²) in [5.74, 6) is 1.06. The number of nitrogens with zero attached hydrogens (tertiary/aromatic N) is 2. The molecule has 1 N–H and O–H groups in total. The Morgan fingerprint density at radius 2 is 1.88 bits per heavy atom. The molecule has 0 fully saturated rings. The maximum Gasteiger partial charge on any atom is 0.131 e. The Bertz CT molecular complexity index is 320. The van der Waals surface area contributed by atoms with Crippen molar-refractivity contribution in [3.05, 3.63) is 23.4 Å². The molecule has 0 spiro atoms. The van der Waals surface area contributed by atoms with Crippen molar-refractivity contribution in [1.29, 1.82) is 0 Å². The number of aromatic nitrogens is 1. The Kier molecular flexibility index (Phi) is 5.26. The average molecular weight is 222 g/mol. The molecule has 3 nitrogen and oxygen atoms in total. The lowest BCUT2D eigenvalue weighted by molar-refractivity contribution is 0.281. The first-order valence-electron chi connectivity index (χ1n) is 6.04. The summed E-state index contributed by atoms with van der Waals surface area (Å²) < 4.78 is 0. The van der Waals surface area contributed by atoms with E-state index in [1.165, 1.54) is 0 Å². The second kappa shape index (κ2) is 6.48. The van der Waals surface area contributed by atoms with Gasteiger partial charge in [-0.15, -0.1) is 0 Å². The molecule has 16 heavy (non-hydrogen) atoms. The Labute approximate surface area is 98.1 Å². The fraction of sp³-hybridized carbons (Fsp3) is 0.615. The van der Waals surface area contributed by atoms with Crippen molar-refractivity contribution in [1.82, 2.24) is 4.98 Å². The normalized spacial score (nSPS) is 10.5. The molecular formula is C13H22N2O. The third-order valence-corrected chi connectivity index (χ3v) is 2.58. The summed E-state index contributed by atoms with van der Waals surface area (Å²) in [6.07, 6.45) is 4.02. The van der Waals surface area contributed by atoms with Gasteiger partial charge in [0, 0.05) is 19.3 Å². The number of aliphatic hydroxyl groups excluding tert-OH is 1. The molecule has 0 radical (unpaired) electrons. The van der Waals surface area contributed by atoms with Crippen LogP contribution >= 0.6 is 0 Å². The number of rotatable bonds is 6. The molecule has 0 aromatic carbocycles. The van der Waals surface area contributed by atoms with E-state index >= 15 is 0 Å². The molecule has 0 aliphatic carbocycles. The predicted molar refractivity (Wildman–Crippen MR) is 67.7 cm³/mol. The van der Waals surface area contributed by atoms with Crippen molar-refractivity contribution in [2.24, 2.45) is 0 Å². The van der Waals surface area contributed by atoms with Crippen LogP contribution in [0.3, 0.4) is 0 Å². The lowest BCUT2D eigenvalue weighted by Crippen LogP contribution is -2.26. The molecule has 0 bridgehead atoms.